The van der Waals surface area contributed by atoms with Crippen LogP contribution in [0.3, 0.4) is 0 Å². The van der Waals surface area contributed by atoms with Crippen molar-refractivity contribution in [1.82, 2.24) is 9.80 Å². The van der Waals surface area contributed by atoms with Crippen molar-refractivity contribution >= 4 is 17.5 Å². The number of nitrogens with zero attached hydrogens (tertiary/aromatic N) is 2. The molecule has 1 amide bonds. The highest BCUT2D eigenvalue weighted by molar-refractivity contribution is 6.31. The Hall–Kier alpha value is -1.14. The number of carbonyl (C=O) groups is 1. The van der Waals surface area contributed by atoms with E-state index in [-0.39, 0.29) is 18.6 Å². The number of rotatable bonds is 6. The van der Waals surface area contributed by atoms with Gasteiger partial charge in [0.1, 0.15) is 0 Å². The van der Waals surface area contributed by atoms with Gasteiger partial charge in [0.25, 0.3) is 0 Å². The van der Waals surface area contributed by atoms with E-state index in [0.717, 1.165) is 30.2 Å². The standard InChI is InChI=1S/C16H24ClN3O2/c1-12-7-13(3-4-15(12)17)8-20-5-6-22-14(10-20)9-19(2)11-16(18)21/h3-4,7,14H,5-6,8-11H2,1-2H3,(H2,18,21). The molecule has 0 aliphatic carbocycles. The molecule has 1 atom stereocenters. The van der Waals surface area contributed by atoms with Crippen LogP contribution >= 0.6 is 11.6 Å². The number of primary amides is 1. The number of amides is 1. The van der Waals surface area contributed by atoms with E-state index in [1.165, 1.54) is 5.56 Å². The topological polar surface area (TPSA) is 58.8 Å². The van der Waals surface area contributed by atoms with Gasteiger partial charge in [0.2, 0.25) is 5.91 Å². The molecule has 1 aromatic rings. The van der Waals surface area contributed by atoms with Crippen LogP contribution in [0.15, 0.2) is 18.2 Å². The molecule has 0 spiro atoms. The molecule has 6 heteroatoms. The van der Waals surface area contributed by atoms with Gasteiger partial charge in [0.05, 0.1) is 19.3 Å². The fraction of sp³-hybridized carbons (Fsp3) is 0.562. The highest BCUT2D eigenvalue weighted by Gasteiger charge is 2.22. The number of hydrogen-bond donors (Lipinski definition) is 1. The van der Waals surface area contributed by atoms with Crippen LogP contribution in [0.25, 0.3) is 0 Å². The number of carbonyl (C=O) groups excluding carboxylic acids is 1. The summed E-state index contributed by atoms with van der Waals surface area (Å²) < 4.78 is 5.78. The number of aryl methyl sites for hydroxylation is 1. The van der Waals surface area contributed by atoms with Gasteiger partial charge < -0.3 is 10.5 Å². The van der Waals surface area contributed by atoms with Crippen LogP contribution in [0.2, 0.25) is 5.02 Å². The summed E-state index contributed by atoms with van der Waals surface area (Å²) in [5.41, 5.74) is 7.57. The summed E-state index contributed by atoms with van der Waals surface area (Å²) in [5, 5.41) is 0.802. The Balaban J connectivity index is 1.87. The molecule has 0 bridgehead atoms. The zero-order chi connectivity index (χ0) is 16.1. The third-order valence-electron chi connectivity index (χ3n) is 3.79. The van der Waals surface area contributed by atoms with E-state index in [1.807, 2.05) is 24.9 Å². The van der Waals surface area contributed by atoms with Gasteiger partial charge in [-0.15, -0.1) is 0 Å². The van der Waals surface area contributed by atoms with Crippen LogP contribution in [0, 0.1) is 6.92 Å². The van der Waals surface area contributed by atoms with E-state index in [4.69, 9.17) is 22.1 Å². The zero-order valence-electron chi connectivity index (χ0n) is 13.2. The fourth-order valence-corrected chi connectivity index (χ4v) is 2.89. The second-order valence-electron chi connectivity index (χ2n) is 5.97. The van der Waals surface area contributed by atoms with Crippen molar-refractivity contribution < 1.29 is 9.53 Å². The Morgan fingerprint density at radius 3 is 3.00 bits per heavy atom. The quantitative estimate of drug-likeness (QED) is 0.855. The Kier molecular flexibility index (Phi) is 6.20. The summed E-state index contributed by atoms with van der Waals surface area (Å²) in [6.45, 7) is 6.35. The average Bonchev–Trinajstić information content (AvgIpc) is 2.42. The smallest absolute Gasteiger partial charge is 0.231 e. The molecular weight excluding hydrogens is 302 g/mol. The Morgan fingerprint density at radius 2 is 2.32 bits per heavy atom. The van der Waals surface area contributed by atoms with E-state index in [1.54, 1.807) is 0 Å². The van der Waals surface area contributed by atoms with Crippen LogP contribution in [0.1, 0.15) is 11.1 Å². The van der Waals surface area contributed by atoms with E-state index in [9.17, 15) is 4.79 Å². The SMILES string of the molecule is Cc1cc(CN2CCOC(CN(C)CC(N)=O)C2)ccc1Cl. The average molecular weight is 326 g/mol. The van der Waals surface area contributed by atoms with Crippen molar-refractivity contribution in [3.05, 3.63) is 34.3 Å². The van der Waals surface area contributed by atoms with Crippen molar-refractivity contribution in [2.45, 2.75) is 19.6 Å². The molecule has 1 fully saturated rings. The van der Waals surface area contributed by atoms with Crippen molar-refractivity contribution in [3.63, 3.8) is 0 Å². The van der Waals surface area contributed by atoms with E-state index in [0.29, 0.717) is 13.2 Å². The molecule has 2 N–H and O–H groups in total. The first-order chi connectivity index (χ1) is 10.4. The predicted octanol–water partition coefficient (Wildman–Crippen LogP) is 1.27. The van der Waals surface area contributed by atoms with Gasteiger partial charge in [-0.2, -0.15) is 0 Å². The maximum Gasteiger partial charge on any atom is 0.231 e. The second-order valence-corrected chi connectivity index (χ2v) is 6.38. The molecule has 122 valence electrons. The van der Waals surface area contributed by atoms with E-state index in [2.05, 4.69) is 17.0 Å². The summed E-state index contributed by atoms with van der Waals surface area (Å²) in [6, 6.07) is 6.15. The lowest BCUT2D eigenvalue weighted by Gasteiger charge is -2.34. The summed E-state index contributed by atoms with van der Waals surface area (Å²) in [7, 11) is 1.88. The first kappa shape index (κ1) is 17.2. The van der Waals surface area contributed by atoms with Crippen molar-refractivity contribution in [1.29, 1.82) is 0 Å². The third kappa shape index (κ3) is 5.25. The summed E-state index contributed by atoms with van der Waals surface area (Å²) in [5.74, 6) is -0.313. The monoisotopic (exact) mass is 325 g/mol. The first-order valence-electron chi connectivity index (χ1n) is 7.50. The number of likely N-dealkylation sites (N-methyl/N-ethyl adjacent to an activating group) is 1. The molecular formula is C16H24ClN3O2. The van der Waals surface area contributed by atoms with Crippen LogP contribution in [0.4, 0.5) is 0 Å². The van der Waals surface area contributed by atoms with Crippen molar-refractivity contribution in [2.24, 2.45) is 5.73 Å². The Bertz CT molecular complexity index is 524. The molecule has 1 aliphatic rings. The molecule has 1 unspecified atom stereocenters. The van der Waals surface area contributed by atoms with Gasteiger partial charge in [-0.1, -0.05) is 23.7 Å². The van der Waals surface area contributed by atoms with Gasteiger partial charge in [-0.05, 0) is 31.2 Å². The van der Waals surface area contributed by atoms with Gasteiger partial charge in [0.15, 0.2) is 0 Å². The van der Waals surface area contributed by atoms with Gasteiger partial charge in [-0.3, -0.25) is 14.6 Å². The van der Waals surface area contributed by atoms with E-state index < -0.39 is 0 Å². The van der Waals surface area contributed by atoms with Crippen LogP contribution in [0.5, 0.6) is 0 Å². The molecule has 0 aromatic heterocycles. The minimum Gasteiger partial charge on any atom is -0.374 e. The lowest BCUT2D eigenvalue weighted by Crippen LogP contribution is -2.47. The number of nitrogens with two attached hydrogens (primary N) is 1. The van der Waals surface area contributed by atoms with E-state index >= 15 is 0 Å². The Labute approximate surface area is 137 Å². The van der Waals surface area contributed by atoms with Crippen LogP contribution < -0.4 is 5.73 Å². The minimum absolute atomic E-state index is 0.103. The predicted molar refractivity (Wildman–Crippen MR) is 87.9 cm³/mol. The van der Waals surface area contributed by atoms with Gasteiger partial charge in [-0.25, -0.2) is 0 Å². The highest BCUT2D eigenvalue weighted by Crippen LogP contribution is 2.18. The fourth-order valence-electron chi connectivity index (χ4n) is 2.78. The molecule has 1 aromatic carbocycles. The number of halogens is 1. The molecule has 22 heavy (non-hydrogen) atoms. The Morgan fingerprint density at radius 1 is 1.55 bits per heavy atom. The molecule has 1 saturated heterocycles. The zero-order valence-corrected chi connectivity index (χ0v) is 14.0. The highest BCUT2D eigenvalue weighted by atomic mass is 35.5. The van der Waals surface area contributed by atoms with Crippen LogP contribution in [-0.4, -0.2) is 61.6 Å². The number of benzene rings is 1. The molecule has 5 nitrogen and oxygen atoms in total. The maximum absolute atomic E-state index is 10.9. The third-order valence-corrected chi connectivity index (χ3v) is 4.22. The largest absolute Gasteiger partial charge is 0.374 e. The number of ether oxygens (including phenoxy) is 1. The normalized spacial score (nSPS) is 19.5. The molecule has 1 aliphatic heterocycles. The van der Waals surface area contributed by atoms with Gasteiger partial charge >= 0.3 is 0 Å². The number of morpholine rings is 1. The number of hydrogen-bond acceptors (Lipinski definition) is 4. The van der Waals surface area contributed by atoms with Crippen molar-refractivity contribution in [2.75, 3.05) is 39.8 Å². The molecule has 0 saturated carbocycles. The lowest BCUT2D eigenvalue weighted by atomic mass is 10.1. The molecule has 1 heterocycles. The molecule has 2 rings (SSSR count). The van der Waals surface area contributed by atoms with Crippen LogP contribution in [-0.2, 0) is 16.1 Å². The summed E-state index contributed by atoms with van der Waals surface area (Å²) in [4.78, 5) is 15.2. The second kappa shape index (κ2) is 7.92. The molecule has 0 radical (unpaired) electrons. The minimum atomic E-state index is -0.313. The first-order valence-corrected chi connectivity index (χ1v) is 7.87. The maximum atomic E-state index is 10.9. The van der Waals surface area contributed by atoms with Gasteiger partial charge in [0, 0.05) is 31.2 Å². The van der Waals surface area contributed by atoms with Crippen molar-refractivity contribution in [3.8, 4) is 0 Å². The summed E-state index contributed by atoms with van der Waals surface area (Å²) >= 11 is 6.07. The summed E-state index contributed by atoms with van der Waals surface area (Å²) in [6.07, 6.45) is 0.103. The lowest BCUT2D eigenvalue weighted by molar-refractivity contribution is -0.119.